The van der Waals surface area contributed by atoms with Gasteiger partial charge in [0, 0.05) is 17.4 Å². The van der Waals surface area contributed by atoms with Crippen LogP contribution in [0, 0.1) is 0 Å². The van der Waals surface area contributed by atoms with Crippen molar-refractivity contribution in [3.63, 3.8) is 0 Å². The van der Waals surface area contributed by atoms with Gasteiger partial charge in [-0.05, 0) is 25.1 Å². The number of halogens is 1. The normalized spacial score (nSPS) is 12.1. The Hall–Kier alpha value is -2.45. The van der Waals surface area contributed by atoms with E-state index in [0.29, 0.717) is 10.5 Å². The topological polar surface area (TPSA) is 86.1 Å². The number of nitrogens with one attached hydrogen (secondary N) is 1. The molecule has 7 nitrogen and oxygen atoms in total. The van der Waals surface area contributed by atoms with E-state index in [0.717, 1.165) is 4.70 Å². The van der Waals surface area contributed by atoms with Crippen molar-refractivity contribution in [3.8, 4) is 0 Å². The molecule has 0 saturated carbocycles. The molecule has 3 aromatic rings. The van der Waals surface area contributed by atoms with Crippen molar-refractivity contribution in [1.82, 2.24) is 19.9 Å². The average Bonchev–Trinajstić information content (AvgIpc) is 3.23. The van der Waals surface area contributed by atoms with E-state index in [1.807, 2.05) is 0 Å². The number of hydrogen-bond acceptors (Lipinski definition) is 6. The van der Waals surface area contributed by atoms with Gasteiger partial charge in [-0.1, -0.05) is 11.6 Å². The van der Waals surface area contributed by atoms with Crippen molar-refractivity contribution < 1.29 is 14.3 Å². The van der Waals surface area contributed by atoms with Gasteiger partial charge in [0.15, 0.2) is 5.01 Å². The molecule has 1 aromatic carbocycles. The number of fused-ring (bicyclic) bond motifs is 1. The Morgan fingerprint density at radius 3 is 3.00 bits per heavy atom. The first-order valence-corrected chi connectivity index (χ1v) is 8.75. The summed E-state index contributed by atoms with van der Waals surface area (Å²) in [6.45, 7) is 2.17. The maximum absolute atomic E-state index is 12.5. The number of imidazole rings is 1. The molecule has 1 atom stereocenters. The van der Waals surface area contributed by atoms with Gasteiger partial charge in [-0.15, -0.1) is 11.3 Å². The molecule has 0 fully saturated rings. The summed E-state index contributed by atoms with van der Waals surface area (Å²) in [5.74, 6) is -0.941. The number of ether oxygens (including phenoxy) is 1. The van der Waals surface area contributed by atoms with E-state index in [4.69, 9.17) is 16.3 Å². The maximum atomic E-state index is 12.5. The van der Waals surface area contributed by atoms with E-state index >= 15 is 0 Å². The standard InChI is InChI=1S/C16H15ClN4O3S/c1-2-24-16(23)12(8-21-6-5-18-9-21)19-14(22)15-20-11-4-3-10(17)7-13(11)25-15/h3-7,9,12H,2,8H2,1H3,(H,19,22). The highest BCUT2D eigenvalue weighted by molar-refractivity contribution is 7.20. The smallest absolute Gasteiger partial charge is 0.330 e. The van der Waals surface area contributed by atoms with Gasteiger partial charge in [-0.25, -0.2) is 14.8 Å². The Kier molecular flexibility index (Phi) is 5.30. The zero-order valence-corrected chi connectivity index (χ0v) is 14.9. The number of nitrogens with zero attached hydrogens (tertiary/aromatic N) is 3. The van der Waals surface area contributed by atoms with Gasteiger partial charge in [0.2, 0.25) is 0 Å². The predicted molar refractivity (Wildman–Crippen MR) is 94.7 cm³/mol. The molecule has 0 saturated heterocycles. The molecule has 25 heavy (non-hydrogen) atoms. The van der Waals surface area contributed by atoms with Gasteiger partial charge in [-0.3, -0.25) is 4.79 Å². The van der Waals surface area contributed by atoms with Crippen LogP contribution >= 0.6 is 22.9 Å². The van der Waals surface area contributed by atoms with Gasteiger partial charge in [0.1, 0.15) is 6.04 Å². The number of thiazole rings is 1. The number of benzene rings is 1. The number of amides is 1. The van der Waals surface area contributed by atoms with E-state index in [2.05, 4.69) is 15.3 Å². The largest absolute Gasteiger partial charge is 0.464 e. The SMILES string of the molecule is CCOC(=O)C(Cn1ccnc1)NC(=O)c1nc2ccc(Cl)cc2s1. The molecule has 9 heteroatoms. The van der Waals surface area contributed by atoms with Crippen LogP contribution in [0.3, 0.4) is 0 Å². The monoisotopic (exact) mass is 378 g/mol. The summed E-state index contributed by atoms with van der Waals surface area (Å²) in [5.41, 5.74) is 0.682. The van der Waals surface area contributed by atoms with Gasteiger partial charge < -0.3 is 14.6 Å². The molecule has 0 radical (unpaired) electrons. The van der Waals surface area contributed by atoms with Crippen LogP contribution in [0.2, 0.25) is 5.02 Å². The Morgan fingerprint density at radius 1 is 1.44 bits per heavy atom. The third-order valence-corrected chi connectivity index (χ3v) is 4.63. The number of aromatic nitrogens is 3. The number of carbonyl (C=O) groups is 2. The lowest BCUT2D eigenvalue weighted by atomic mass is 10.3. The first-order chi connectivity index (χ1) is 12.1. The second kappa shape index (κ2) is 7.62. The Bertz CT molecular complexity index is 894. The predicted octanol–water partition coefficient (Wildman–Crippen LogP) is 2.51. The van der Waals surface area contributed by atoms with Crippen molar-refractivity contribution in [2.45, 2.75) is 19.5 Å². The minimum atomic E-state index is -0.836. The highest BCUT2D eigenvalue weighted by atomic mass is 35.5. The molecule has 0 bridgehead atoms. The molecule has 2 aromatic heterocycles. The van der Waals surface area contributed by atoms with Crippen LogP contribution in [0.25, 0.3) is 10.2 Å². The fraction of sp³-hybridized carbons (Fsp3) is 0.250. The van der Waals surface area contributed by atoms with Crippen molar-refractivity contribution >= 4 is 45.0 Å². The molecule has 130 valence electrons. The van der Waals surface area contributed by atoms with Crippen LogP contribution in [0.5, 0.6) is 0 Å². The molecular weight excluding hydrogens is 364 g/mol. The molecule has 0 aliphatic heterocycles. The summed E-state index contributed by atoms with van der Waals surface area (Å²) in [6, 6.07) is 4.38. The molecule has 3 rings (SSSR count). The van der Waals surface area contributed by atoms with Crippen molar-refractivity contribution in [2.75, 3.05) is 6.61 Å². The highest BCUT2D eigenvalue weighted by Crippen LogP contribution is 2.25. The zero-order chi connectivity index (χ0) is 17.8. The third-order valence-electron chi connectivity index (χ3n) is 3.37. The minimum absolute atomic E-state index is 0.224. The van der Waals surface area contributed by atoms with Gasteiger partial charge in [-0.2, -0.15) is 0 Å². The lowest BCUT2D eigenvalue weighted by molar-refractivity contribution is -0.145. The van der Waals surface area contributed by atoms with Crippen LogP contribution in [-0.2, 0) is 16.1 Å². The van der Waals surface area contributed by atoms with E-state index in [1.54, 1.807) is 48.4 Å². The number of hydrogen-bond donors (Lipinski definition) is 1. The second-order valence-corrected chi connectivity index (χ2v) is 6.64. The van der Waals surface area contributed by atoms with Gasteiger partial charge in [0.25, 0.3) is 5.91 Å². The van der Waals surface area contributed by atoms with Crippen LogP contribution in [0.1, 0.15) is 16.7 Å². The minimum Gasteiger partial charge on any atom is -0.464 e. The Balaban J connectivity index is 1.79. The first-order valence-electron chi connectivity index (χ1n) is 7.56. The van der Waals surface area contributed by atoms with Crippen molar-refractivity contribution in [2.24, 2.45) is 0 Å². The van der Waals surface area contributed by atoms with Gasteiger partial charge >= 0.3 is 5.97 Å². The van der Waals surface area contributed by atoms with Crippen LogP contribution in [0.15, 0.2) is 36.9 Å². The number of carbonyl (C=O) groups excluding carboxylic acids is 2. The molecule has 1 unspecified atom stereocenters. The molecule has 0 aliphatic rings. The van der Waals surface area contributed by atoms with E-state index in [1.165, 1.54) is 11.3 Å². The van der Waals surface area contributed by atoms with Crippen molar-refractivity contribution in [1.29, 1.82) is 0 Å². The van der Waals surface area contributed by atoms with E-state index in [-0.39, 0.29) is 18.2 Å². The Labute approximate surface area is 152 Å². The molecule has 1 N–H and O–H groups in total. The quantitative estimate of drug-likeness (QED) is 0.666. The van der Waals surface area contributed by atoms with Crippen molar-refractivity contribution in [3.05, 3.63) is 47.0 Å². The van der Waals surface area contributed by atoms with Crippen LogP contribution in [-0.4, -0.2) is 39.1 Å². The highest BCUT2D eigenvalue weighted by Gasteiger charge is 2.24. The molecule has 0 aliphatic carbocycles. The molecular formula is C16H15ClN4O3S. The maximum Gasteiger partial charge on any atom is 0.330 e. The molecule has 0 spiro atoms. The number of esters is 1. The van der Waals surface area contributed by atoms with Crippen LogP contribution < -0.4 is 5.32 Å². The average molecular weight is 379 g/mol. The summed E-state index contributed by atoms with van der Waals surface area (Å²) in [4.78, 5) is 32.9. The second-order valence-electron chi connectivity index (χ2n) is 5.17. The van der Waals surface area contributed by atoms with Crippen LogP contribution in [0.4, 0.5) is 0 Å². The van der Waals surface area contributed by atoms with Gasteiger partial charge in [0.05, 0.1) is 29.7 Å². The third kappa shape index (κ3) is 4.15. The molecule has 1 amide bonds. The summed E-state index contributed by atoms with van der Waals surface area (Å²) >= 11 is 7.17. The summed E-state index contributed by atoms with van der Waals surface area (Å²) in [5, 5.41) is 3.52. The fourth-order valence-corrected chi connectivity index (χ4v) is 3.39. The summed E-state index contributed by atoms with van der Waals surface area (Å²) in [7, 11) is 0. The summed E-state index contributed by atoms with van der Waals surface area (Å²) < 4.78 is 7.54. The lowest BCUT2D eigenvalue weighted by Gasteiger charge is -2.17. The lowest BCUT2D eigenvalue weighted by Crippen LogP contribution is -2.44. The first kappa shape index (κ1) is 17.4. The van der Waals surface area contributed by atoms with E-state index in [9.17, 15) is 9.59 Å². The fourth-order valence-electron chi connectivity index (χ4n) is 2.24. The zero-order valence-electron chi connectivity index (χ0n) is 13.3. The van der Waals surface area contributed by atoms with E-state index < -0.39 is 17.9 Å². The summed E-state index contributed by atoms with van der Waals surface area (Å²) in [6.07, 6.45) is 4.87. The Morgan fingerprint density at radius 2 is 2.28 bits per heavy atom. The number of rotatable bonds is 6. The molecule has 2 heterocycles.